The molecule has 0 radical (unpaired) electrons. The first kappa shape index (κ1) is 96.8. The summed E-state index contributed by atoms with van der Waals surface area (Å²) in [4.78, 5) is 43.8. The number of aromatic nitrogens is 2. The van der Waals surface area contributed by atoms with E-state index in [-0.39, 0.29) is 22.7 Å². The van der Waals surface area contributed by atoms with Crippen LogP contribution in [0.3, 0.4) is 0 Å². The maximum atomic E-state index is 13.0. The van der Waals surface area contributed by atoms with Crippen molar-refractivity contribution < 1.29 is 109 Å². The maximum absolute atomic E-state index is 13.0. The molecule has 0 saturated heterocycles. The summed E-state index contributed by atoms with van der Waals surface area (Å²) in [6.07, 6.45) is -20.8. The lowest BCUT2D eigenvalue weighted by molar-refractivity contribution is -0.384. The molecular formula is C72H53BBr4Cl4F15N9O11. The van der Waals surface area contributed by atoms with Crippen molar-refractivity contribution in [2.45, 2.75) is 30.9 Å². The molecule has 4 heterocycles. The number of alkyl halides is 15. The minimum Gasteiger partial charge on any atom is -0.453 e. The van der Waals surface area contributed by atoms with Gasteiger partial charge >= 0.3 is 38.0 Å². The number of benzene rings is 8. The summed E-state index contributed by atoms with van der Waals surface area (Å²) in [5.74, 6) is 2.65. The van der Waals surface area contributed by atoms with Crippen LogP contribution in [-0.2, 0) is 37.9 Å². The highest BCUT2D eigenvalue weighted by Gasteiger charge is 2.36. The number of furan rings is 3. The third kappa shape index (κ3) is 28.6. The van der Waals surface area contributed by atoms with E-state index in [0.29, 0.717) is 125 Å². The van der Waals surface area contributed by atoms with Gasteiger partial charge in [-0.05, 0) is 180 Å². The predicted molar refractivity (Wildman–Crippen MR) is 426 cm³/mol. The van der Waals surface area contributed by atoms with Gasteiger partial charge in [-0.15, -0.1) is 0 Å². The third-order valence-corrected chi connectivity index (χ3v) is 17.8. The number of rotatable bonds is 11. The Morgan fingerprint density at radius 2 is 0.819 bits per heavy atom. The SMILES string of the molecule is CNc1cc(C(F)(F)F)ccc1N.CNc1cc(C(F)(F)F)ccc1N.CNc1cc(C(F)(F)F)ccc1[N+](=O)[O-].Cn1c(-c2ccc(-c3ccc(Br)cc3Cl)o2)nc2ccc(C(F)(F)F)cc21.O=Cc1ccc(-c2ccc(Br)cc2Cl)o1.O=Cc1ccc(Br)o1.O=[N+]([O-])c1ccc(C(F)(F)F)cc1Cl.OB(O)c1ccc(Br)cc1Cl. The van der Waals surface area contributed by atoms with Crippen LogP contribution in [0.25, 0.3) is 45.3 Å². The second-order valence-corrected chi connectivity index (χ2v) is 27.6. The zero-order chi connectivity index (χ0) is 87.3. The summed E-state index contributed by atoms with van der Waals surface area (Å²) in [5.41, 5.74) is 9.50. The van der Waals surface area contributed by atoms with Crippen molar-refractivity contribution in [2.24, 2.45) is 7.05 Å². The van der Waals surface area contributed by atoms with E-state index in [9.17, 15) is 95.7 Å². The third-order valence-electron chi connectivity index (χ3n) is 14.7. The summed E-state index contributed by atoms with van der Waals surface area (Å²) >= 11 is 36.2. The first-order valence-corrected chi connectivity index (χ1v) is 36.1. The molecule has 4 aromatic heterocycles. The molecule has 0 aliphatic heterocycles. The molecule has 0 aliphatic carbocycles. The van der Waals surface area contributed by atoms with Crippen LogP contribution in [0.5, 0.6) is 0 Å². The Bertz CT molecular complexity index is 5340. The van der Waals surface area contributed by atoms with Gasteiger partial charge in [0.25, 0.3) is 11.4 Å². The Balaban J connectivity index is 0.000000243. The second-order valence-electron chi connectivity index (χ2n) is 22.5. The molecule has 0 fully saturated rings. The smallest absolute Gasteiger partial charge is 0.453 e. The number of nitrogens with two attached hydrogens (primary N) is 2. The molecule has 0 spiro atoms. The van der Waals surface area contributed by atoms with E-state index in [4.69, 9.17) is 81.2 Å². The van der Waals surface area contributed by atoms with Crippen LogP contribution in [0, 0.1) is 20.2 Å². The number of fused-ring (bicyclic) bond motifs is 1. The Hall–Kier alpha value is -9.78. The van der Waals surface area contributed by atoms with Crippen molar-refractivity contribution in [3.8, 4) is 34.2 Å². The van der Waals surface area contributed by atoms with E-state index in [0.717, 1.165) is 67.5 Å². The van der Waals surface area contributed by atoms with Gasteiger partial charge < -0.3 is 55.3 Å². The van der Waals surface area contributed by atoms with Crippen molar-refractivity contribution >= 4 is 186 Å². The fraction of sp³-hybridized carbons (Fsp3) is 0.125. The molecule has 0 saturated carbocycles. The van der Waals surface area contributed by atoms with Crippen LogP contribution in [0.1, 0.15) is 48.9 Å². The van der Waals surface area contributed by atoms with Crippen molar-refractivity contribution in [1.29, 1.82) is 0 Å². The lowest BCUT2D eigenvalue weighted by Crippen LogP contribution is -2.30. The first-order valence-electron chi connectivity index (χ1n) is 31.4. The predicted octanol–water partition coefficient (Wildman–Crippen LogP) is 24.3. The average Bonchev–Trinajstić information content (AvgIpc) is 1.62. The lowest BCUT2D eigenvalue weighted by atomic mass is 9.80. The molecule has 0 unspecified atom stereocenters. The number of carbonyl (C=O) groups is 2. The van der Waals surface area contributed by atoms with Crippen LogP contribution in [-0.4, -0.2) is 70.3 Å². The van der Waals surface area contributed by atoms with E-state index >= 15 is 0 Å². The highest BCUT2D eigenvalue weighted by atomic mass is 79.9. The number of anilines is 5. The largest absolute Gasteiger partial charge is 0.489 e. The number of hydrogen-bond donors (Lipinski definition) is 7. The molecule has 9 N–H and O–H groups in total. The normalized spacial score (nSPS) is 11.1. The van der Waals surface area contributed by atoms with Gasteiger partial charge in [-0.25, -0.2) is 4.98 Å². The van der Waals surface area contributed by atoms with Crippen LogP contribution >= 0.6 is 110 Å². The lowest BCUT2D eigenvalue weighted by Gasteiger charge is -2.10. The number of aldehydes is 2. The molecule has 20 nitrogen and oxygen atoms in total. The van der Waals surface area contributed by atoms with Gasteiger partial charge in [0.05, 0.1) is 81.5 Å². The standard InChI is InChI=1S/C19H11BrClF3N2O.C11H6BrClO2.C8H7F3N2O2.2C8H9F3N2.C7H3ClF3NO2.C6H5BBrClO2.C5H3BrO2/c1-26-15-8-10(19(22,23)24)2-5-14(15)25-18(26)17-7-6-16(27-17)12-4-3-11(20)9-13(12)21;12-7-1-3-9(10(13)5-7)11-4-2-8(6-14)15-11;1-12-6-4-5(8(9,10)11)2-3-7(6)13(14)15;2*1-13-7-4-5(8(9,10)11)2-3-6(7)12;8-5-3-4(7(9,10)11)1-2-6(5)12(13)14;8-4-1-2-5(7(10)11)6(9)3-4;6-5-2-1-4(3-7)8-5/h2-9H,1H3;1-6H;2-4,12H,1H3;2*2-4,13H,12H2,1H3;1-3H;1-3,10-11H;1-3H. The molecule has 0 atom stereocenters. The summed E-state index contributed by atoms with van der Waals surface area (Å²) in [7, 11) is 4.51. The molecule has 616 valence electrons. The van der Waals surface area contributed by atoms with E-state index < -0.39 is 86.4 Å². The van der Waals surface area contributed by atoms with Crippen molar-refractivity contribution in [3.05, 3.63) is 280 Å². The first-order chi connectivity index (χ1) is 53.9. The number of nitrogens with zero attached hydrogens (tertiary/aromatic N) is 4. The van der Waals surface area contributed by atoms with Gasteiger partial charge in [-0.2, -0.15) is 65.9 Å². The fourth-order valence-electron chi connectivity index (χ4n) is 9.03. The van der Waals surface area contributed by atoms with Crippen molar-refractivity contribution in [3.63, 3.8) is 0 Å². The zero-order valence-corrected chi connectivity index (χ0v) is 68.1. The Labute approximate surface area is 699 Å². The topological polar surface area (TPSA) is 306 Å². The van der Waals surface area contributed by atoms with Crippen LogP contribution in [0.15, 0.2) is 213 Å². The summed E-state index contributed by atoms with van der Waals surface area (Å²) in [6.45, 7) is 0. The summed E-state index contributed by atoms with van der Waals surface area (Å²) in [5, 5.41) is 46.6. The molecule has 0 aliphatic rings. The molecule has 0 amide bonds. The Morgan fingerprint density at radius 1 is 0.448 bits per heavy atom. The number of nitro benzene ring substituents is 2. The quantitative estimate of drug-likeness (QED) is 0.0158. The number of halogens is 23. The Kier molecular flexibility index (Phi) is 35.4. The number of nitrogens with one attached hydrogen (secondary N) is 3. The number of nitro groups is 2. The van der Waals surface area contributed by atoms with E-state index in [1.165, 1.54) is 39.3 Å². The van der Waals surface area contributed by atoms with E-state index in [2.05, 4.69) is 84.7 Å². The van der Waals surface area contributed by atoms with E-state index in [1.54, 1.807) is 78.3 Å². The fourth-order valence-corrected chi connectivity index (χ4v) is 11.9. The molecular weight excluding hydrogens is 1920 g/mol. The number of carbonyl (C=O) groups excluding carboxylic acids is 2. The molecule has 44 heteroatoms. The second kappa shape index (κ2) is 42.4. The van der Waals surface area contributed by atoms with Gasteiger partial charge in [-0.3, -0.25) is 29.8 Å². The Morgan fingerprint density at radius 3 is 1.20 bits per heavy atom. The number of imidazole rings is 1. The van der Waals surface area contributed by atoms with Gasteiger partial charge in [0, 0.05) is 75.4 Å². The summed E-state index contributed by atoms with van der Waals surface area (Å²) in [6, 6.07) is 39.7. The van der Waals surface area contributed by atoms with Crippen LogP contribution < -0.4 is 32.9 Å². The summed E-state index contributed by atoms with van der Waals surface area (Å²) < 4.78 is 206. The highest BCUT2D eigenvalue weighted by Crippen LogP contribution is 2.41. The van der Waals surface area contributed by atoms with E-state index in [1.807, 2.05) is 24.3 Å². The zero-order valence-electron chi connectivity index (χ0n) is 58.8. The number of aryl methyl sites for hydroxylation is 1. The number of hydrogen-bond acceptors (Lipinski definition) is 17. The number of nitrogen functional groups attached to an aromatic ring is 2. The van der Waals surface area contributed by atoms with Crippen LogP contribution in [0.2, 0.25) is 20.1 Å². The molecule has 116 heavy (non-hydrogen) atoms. The average molecular weight is 1980 g/mol. The van der Waals surface area contributed by atoms with Crippen molar-refractivity contribution in [2.75, 3.05) is 48.6 Å². The minimum absolute atomic E-state index is 0.158. The molecule has 12 rings (SSSR count). The monoisotopic (exact) mass is 1970 g/mol. The van der Waals surface area contributed by atoms with Crippen molar-refractivity contribution in [1.82, 2.24) is 9.55 Å². The molecule has 12 aromatic rings. The minimum atomic E-state index is -4.54. The van der Waals surface area contributed by atoms with Gasteiger partial charge in [0.2, 0.25) is 0 Å². The van der Waals surface area contributed by atoms with Gasteiger partial charge in [0.15, 0.2) is 40.3 Å². The molecule has 0 bridgehead atoms. The molecule has 8 aromatic carbocycles. The van der Waals surface area contributed by atoms with Gasteiger partial charge in [0.1, 0.15) is 22.2 Å². The van der Waals surface area contributed by atoms with Crippen LogP contribution in [0.4, 0.5) is 106 Å². The maximum Gasteiger partial charge on any atom is 0.489 e. The van der Waals surface area contributed by atoms with Gasteiger partial charge in [-0.1, -0.05) is 100 Å². The highest BCUT2D eigenvalue weighted by molar-refractivity contribution is 9.11.